The van der Waals surface area contributed by atoms with E-state index in [1.54, 1.807) is 24.9 Å². The van der Waals surface area contributed by atoms with Gasteiger partial charge in [-0.1, -0.05) is 13.0 Å². The number of nitrogens with zero attached hydrogens (tertiary/aromatic N) is 4. The molecule has 0 unspecified atom stereocenters. The standard InChI is InChI=1S/C9H5N4.C5H5N/c1-3-8(7(4-10)5-11)9(6-12)13-2;1-2-4-6-5-3-1/h3H2,1H3;1-5H/q-1;/p+1/b9-8+;. The van der Waals surface area contributed by atoms with Gasteiger partial charge in [-0.05, 0) is 12.0 Å². The third kappa shape index (κ3) is 5.61. The first-order valence-corrected chi connectivity index (χ1v) is 5.34. The van der Waals surface area contributed by atoms with Crippen LogP contribution in [0.15, 0.2) is 47.4 Å². The fourth-order valence-electron chi connectivity index (χ4n) is 1.12. The van der Waals surface area contributed by atoms with E-state index >= 15 is 0 Å². The lowest BCUT2D eigenvalue weighted by atomic mass is 10.0. The molecule has 0 saturated heterocycles. The molecule has 19 heavy (non-hydrogen) atoms. The molecule has 0 aromatic carbocycles. The van der Waals surface area contributed by atoms with Crippen LogP contribution in [0, 0.1) is 29.2 Å². The Morgan fingerprint density at radius 3 is 2.11 bits per heavy atom. The van der Waals surface area contributed by atoms with Crippen LogP contribution >= 0.6 is 0 Å². The van der Waals surface area contributed by atoms with E-state index in [9.17, 15) is 0 Å². The van der Waals surface area contributed by atoms with E-state index in [0.29, 0.717) is 6.42 Å². The summed E-state index contributed by atoms with van der Waals surface area (Å²) >= 11 is 0. The first kappa shape index (κ1) is 15.8. The maximum atomic E-state index is 8.51. The first-order chi connectivity index (χ1) is 9.24. The summed E-state index contributed by atoms with van der Waals surface area (Å²) in [7, 11) is 0. The maximum Gasteiger partial charge on any atom is 0.266 e. The van der Waals surface area contributed by atoms with Crippen LogP contribution in [0.25, 0.3) is 10.3 Å². The Morgan fingerprint density at radius 1 is 1.26 bits per heavy atom. The molecule has 5 nitrogen and oxygen atoms in total. The van der Waals surface area contributed by atoms with Crippen molar-refractivity contribution in [3.05, 3.63) is 64.3 Å². The number of pyridine rings is 1. The smallest absolute Gasteiger partial charge is 0.266 e. The SMILES string of the molecule is [C-]#[N+]/C(C#N)=C(\CC)C(=C=[N-])C#N.c1cc[nH+]cc1. The van der Waals surface area contributed by atoms with Gasteiger partial charge in [0, 0.05) is 12.1 Å². The number of nitriles is 2. The highest BCUT2D eigenvalue weighted by Crippen LogP contribution is 2.16. The monoisotopic (exact) mass is 249 g/mol. The topological polar surface area (TPSA) is 88.4 Å². The normalized spacial score (nSPS) is 9.16. The Labute approximate surface area is 112 Å². The summed E-state index contributed by atoms with van der Waals surface area (Å²) in [5, 5.41) is 25.5. The van der Waals surface area contributed by atoms with Crippen molar-refractivity contribution in [2.24, 2.45) is 0 Å². The minimum Gasteiger partial charge on any atom is -0.762 e. The number of allylic oxidation sites excluding steroid dienone is 3. The summed E-state index contributed by atoms with van der Waals surface area (Å²) in [5.74, 6) is 1.66. The van der Waals surface area contributed by atoms with E-state index < -0.39 is 0 Å². The van der Waals surface area contributed by atoms with Crippen molar-refractivity contribution in [2.75, 3.05) is 0 Å². The second-order valence-electron chi connectivity index (χ2n) is 3.08. The van der Waals surface area contributed by atoms with Crippen molar-refractivity contribution < 1.29 is 4.98 Å². The molecule has 0 aliphatic rings. The molecule has 1 heterocycles. The summed E-state index contributed by atoms with van der Waals surface area (Å²) in [6.45, 7) is 8.34. The van der Waals surface area contributed by atoms with Crippen LogP contribution in [0.4, 0.5) is 0 Å². The lowest BCUT2D eigenvalue weighted by Gasteiger charge is -2.00. The van der Waals surface area contributed by atoms with Gasteiger partial charge in [0.25, 0.3) is 5.70 Å². The molecule has 0 fully saturated rings. The molecule has 0 atom stereocenters. The van der Waals surface area contributed by atoms with Gasteiger partial charge < -0.3 is 5.41 Å². The Bertz CT molecular complexity index is 559. The summed E-state index contributed by atoms with van der Waals surface area (Å²) in [6.07, 6.45) is 4.09. The van der Waals surface area contributed by atoms with Crippen LogP contribution in [-0.2, 0) is 0 Å². The number of aromatic amines is 1. The van der Waals surface area contributed by atoms with Crippen molar-refractivity contribution in [1.82, 2.24) is 0 Å². The van der Waals surface area contributed by atoms with Gasteiger partial charge in [0.1, 0.15) is 6.07 Å². The van der Waals surface area contributed by atoms with E-state index in [1.165, 1.54) is 0 Å². The van der Waals surface area contributed by atoms with E-state index in [4.69, 9.17) is 22.5 Å². The number of hydrogen-bond donors (Lipinski definition) is 0. The second kappa shape index (κ2) is 10.00. The molecule has 0 amide bonds. The lowest BCUT2D eigenvalue weighted by Crippen LogP contribution is -1.93. The number of H-pyrrole nitrogens is 1. The highest BCUT2D eigenvalue weighted by atomic mass is 14.7. The van der Waals surface area contributed by atoms with Crippen molar-refractivity contribution in [3.8, 4) is 12.1 Å². The molecule has 1 aromatic heterocycles. The predicted molar refractivity (Wildman–Crippen MR) is 70.0 cm³/mol. The van der Waals surface area contributed by atoms with E-state index in [-0.39, 0.29) is 16.8 Å². The van der Waals surface area contributed by atoms with Gasteiger partial charge in [-0.15, -0.1) is 0 Å². The van der Waals surface area contributed by atoms with Crippen molar-refractivity contribution in [3.63, 3.8) is 0 Å². The third-order valence-electron chi connectivity index (χ3n) is 1.99. The van der Waals surface area contributed by atoms with Crippen LogP contribution in [0.2, 0.25) is 0 Å². The second-order valence-corrected chi connectivity index (χ2v) is 3.08. The summed E-state index contributed by atoms with van der Waals surface area (Å²) in [4.78, 5) is 5.83. The molecule has 92 valence electrons. The predicted octanol–water partition coefficient (Wildman–Crippen LogP) is 2.28. The highest BCUT2D eigenvalue weighted by Gasteiger charge is 2.07. The summed E-state index contributed by atoms with van der Waals surface area (Å²) in [6, 6.07) is 9.17. The molecule has 0 aliphatic carbocycles. The highest BCUT2D eigenvalue weighted by molar-refractivity contribution is 5.74. The minimum absolute atomic E-state index is 0.157. The van der Waals surface area contributed by atoms with Gasteiger partial charge in [0.05, 0.1) is 18.2 Å². The molecule has 0 aliphatic heterocycles. The number of nitrogens with one attached hydrogen (secondary N) is 1. The zero-order chi connectivity index (χ0) is 14.5. The summed E-state index contributed by atoms with van der Waals surface area (Å²) < 4.78 is 0. The molecule has 0 spiro atoms. The average molecular weight is 249 g/mol. The van der Waals surface area contributed by atoms with Crippen molar-refractivity contribution in [2.45, 2.75) is 13.3 Å². The van der Waals surface area contributed by atoms with E-state index in [2.05, 4.69) is 9.83 Å². The number of aromatic nitrogens is 1. The van der Waals surface area contributed by atoms with Gasteiger partial charge in [0.2, 0.25) is 0 Å². The van der Waals surface area contributed by atoms with Gasteiger partial charge in [-0.3, -0.25) is 5.87 Å². The Hall–Kier alpha value is -3.19. The zero-order valence-corrected chi connectivity index (χ0v) is 10.4. The number of hydrogen-bond acceptors (Lipinski definition) is 2. The van der Waals surface area contributed by atoms with Crippen LogP contribution in [0.5, 0.6) is 0 Å². The zero-order valence-electron chi connectivity index (χ0n) is 10.4. The fourth-order valence-corrected chi connectivity index (χ4v) is 1.12. The molecular weight excluding hydrogens is 238 g/mol. The van der Waals surface area contributed by atoms with Crippen molar-refractivity contribution >= 4 is 5.87 Å². The van der Waals surface area contributed by atoms with Crippen LogP contribution in [0.1, 0.15) is 13.3 Å². The van der Waals surface area contributed by atoms with Gasteiger partial charge in [-0.25, -0.2) is 15.1 Å². The summed E-state index contributed by atoms with van der Waals surface area (Å²) in [5.41, 5.74) is -0.113. The minimum atomic E-state index is -0.180. The van der Waals surface area contributed by atoms with Crippen molar-refractivity contribution in [1.29, 1.82) is 10.5 Å². The van der Waals surface area contributed by atoms with E-state index in [1.807, 2.05) is 30.6 Å². The Kier molecular flexibility index (Phi) is 8.32. The first-order valence-electron chi connectivity index (χ1n) is 5.34. The van der Waals surface area contributed by atoms with E-state index in [0.717, 1.165) is 0 Å². The van der Waals surface area contributed by atoms with Gasteiger partial charge in [-0.2, -0.15) is 5.26 Å². The number of rotatable bonds is 2. The Morgan fingerprint density at radius 2 is 1.89 bits per heavy atom. The van der Waals surface area contributed by atoms with Crippen LogP contribution in [-0.4, -0.2) is 5.87 Å². The molecule has 0 radical (unpaired) electrons. The molecule has 1 N–H and O–H groups in total. The molecule has 0 bridgehead atoms. The molecule has 0 saturated carbocycles. The lowest BCUT2D eigenvalue weighted by molar-refractivity contribution is -0.377. The van der Waals surface area contributed by atoms with Gasteiger partial charge >= 0.3 is 0 Å². The molecule has 1 aromatic rings. The fraction of sp³-hybridized carbons (Fsp3) is 0.143. The Balaban J connectivity index is 0.000000443. The van der Waals surface area contributed by atoms with Gasteiger partial charge in [0.15, 0.2) is 12.4 Å². The maximum absolute atomic E-state index is 8.51. The molecule has 5 heteroatoms. The molecular formula is C14H11N5. The van der Waals surface area contributed by atoms with Crippen LogP contribution in [0.3, 0.4) is 0 Å². The quantitative estimate of drug-likeness (QED) is 0.348. The van der Waals surface area contributed by atoms with Crippen LogP contribution < -0.4 is 4.98 Å². The average Bonchev–Trinajstić information content (AvgIpc) is 2.50. The third-order valence-corrected chi connectivity index (χ3v) is 1.99. The molecule has 1 rings (SSSR count). The largest absolute Gasteiger partial charge is 0.762 e.